The van der Waals surface area contributed by atoms with Crippen molar-refractivity contribution < 1.29 is 0 Å². The van der Waals surface area contributed by atoms with Crippen LogP contribution < -0.4 is 8.97 Å². The second kappa shape index (κ2) is 13.7. The quantitative estimate of drug-likeness (QED) is 0.149. The average Bonchev–Trinajstić information content (AvgIpc) is 3.84. The fourth-order valence-corrected chi connectivity index (χ4v) is 10.2. The summed E-state index contributed by atoms with van der Waals surface area (Å²) >= 11 is 0. The second-order valence-electron chi connectivity index (χ2n) is 16.7. The molecule has 0 bridgehead atoms. The van der Waals surface area contributed by atoms with E-state index in [0.717, 1.165) is 17.3 Å². The van der Waals surface area contributed by atoms with Crippen molar-refractivity contribution in [2.75, 3.05) is 28.2 Å². The van der Waals surface area contributed by atoms with Crippen LogP contribution in [0.5, 0.6) is 0 Å². The molecular formula is C55H48N2+2. The molecule has 7 aromatic rings. The van der Waals surface area contributed by atoms with Crippen LogP contribution in [0.3, 0.4) is 0 Å². The Morgan fingerprint density at radius 1 is 0.474 bits per heavy atom. The first kappa shape index (κ1) is 35.1. The third-order valence-corrected chi connectivity index (χ3v) is 12.8. The smallest absolute Gasteiger partial charge is 0.153 e. The first-order valence-corrected chi connectivity index (χ1v) is 20.3. The maximum atomic E-state index is 2.46. The van der Waals surface area contributed by atoms with Crippen LogP contribution in [-0.2, 0) is 0 Å². The Kier molecular flexibility index (Phi) is 8.44. The van der Waals surface area contributed by atoms with Crippen molar-refractivity contribution in [3.05, 3.63) is 238 Å². The predicted molar refractivity (Wildman–Crippen MR) is 244 cm³/mol. The normalized spacial score (nSPS) is 19.8. The van der Waals surface area contributed by atoms with E-state index in [1.54, 1.807) is 0 Å². The molecule has 7 aromatic carbocycles. The molecule has 3 aliphatic rings. The van der Waals surface area contributed by atoms with Gasteiger partial charge in [-0.3, -0.25) is 8.97 Å². The van der Waals surface area contributed by atoms with E-state index in [-0.39, 0.29) is 5.92 Å². The summed E-state index contributed by atoms with van der Waals surface area (Å²) in [6.07, 6.45) is 11.8. The molecule has 1 unspecified atom stereocenters. The van der Waals surface area contributed by atoms with Gasteiger partial charge in [-0.2, -0.15) is 0 Å². The minimum absolute atomic E-state index is 0.172. The highest BCUT2D eigenvalue weighted by atomic mass is 15.3. The number of allylic oxidation sites excluding steroid dienone is 8. The molecule has 57 heavy (non-hydrogen) atoms. The predicted octanol–water partition coefficient (Wildman–Crippen LogP) is 13.4. The van der Waals surface area contributed by atoms with Gasteiger partial charge in [-0.1, -0.05) is 158 Å². The minimum atomic E-state index is 0.172. The summed E-state index contributed by atoms with van der Waals surface area (Å²) in [6.45, 7) is 0. The highest BCUT2D eigenvalue weighted by Crippen LogP contribution is 2.54. The van der Waals surface area contributed by atoms with Crippen molar-refractivity contribution in [2.45, 2.75) is 18.8 Å². The lowest BCUT2D eigenvalue weighted by Gasteiger charge is -2.28. The average molecular weight is 737 g/mol. The van der Waals surface area contributed by atoms with Gasteiger partial charge in [0.1, 0.15) is 17.1 Å². The lowest BCUT2D eigenvalue weighted by Crippen LogP contribution is -2.37. The minimum Gasteiger partial charge on any atom is -0.266 e. The number of fused-ring (bicyclic) bond motifs is 6. The number of benzene rings is 7. The van der Waals surface area contributed by atoms with Gasteiger partial charge in [0.2, 0.25) is 0 Å². The number of likely N-dealkylation sites (N-methyl/N-ethyl adjacent to an activating group) is 2. The summed E-state index contributed by atoms with van der Waals surface area (Å²) in [5, 5.41) is 5.23. The van der Waals surface area contributed by atoms with Gasteiger partial charge in [0.05, 0.1) is 45.2 Å². The van der Waals surface area contributed by atoms with Gasteiger partial charge in [0, 0.05) is 22.4 Å². The Hall–Kier alpha value is -6.32. The third kappa shape index (κ3) is 5.71. The van der Waals surface area contributed by atoms with Crippen molar-refractivity contribution in [3.8, 4) is 0 Å². The van der Waals surface area contributed by atoms with Gasteiger partial charge in [-0.15, -0.1) is 0 Å². The summed E-state index contributed by atoms with van der Waals surface area (Å²) in [5.41, 5.74) is 17.5. The van der Waals surface area contributed by atoms with E-state index in [0.29, 0.717) is 4.48 Å². The van der Waals surface area contributed by atoms with E-state index in [1.165, 1.54) is 94.4 Å². The molecule has 0 N–H and O–H groups in total. The van der Waals surface area contributed by atoms with Gasteiger partial charge in [-0.05, 0) is 81.3 Å². The van der Waals surface area contributed by atoms with Gasteiger partial charge in [0.25, 0.3) is 0 Å². The van der Waals surface area contributed by atoms with Gasteiger partial charge < -0.3 is 0 Å². The van der Waals surface area contributed by atoms with Crippen LogP contribution in [0, 0.1) is 0 Å². The largest absolute Gasteiger partial charge is 0.266 e. The van der Waals surface area contributed by atoms with E-state index in [9.17, 15) is 0 Å². The van der Waals surface area contributed by atoms with Crippen molar-refractivity contribution in [1.82, 2.24) is 8.97 Å². The Bertz CT molecular complexity index is 2870. The molecule has 2 heteroatoms. The molecule has 2 nitrogen and oxygen atoms in total. The van der Waals surface area contributed by atoms with Crippen LogP contribution in [0.15, 0.2) is 211 Å². The van der Waals surface area contributed by atoms with Crippen molar-refractivity contribution in [3.63, 3.8) is 0 Å². The Balaban J connectivity index is 1.12. The molecule has 1 atom stereocenters. The van der Waals surface area contributed by atoms with Crippen molar-refractivity contribution in [2.24, 2.45) is 0 Å². The lowest BCUT2D eigenvalue weighted by molar-refractivity contribution is 0.502. The molecule has 0 amide bonds. The highest BCUT2D eigenvalue weighted by Gasteiger charge is 2.46. The van der Waals surface area contributed by atoms with E-state index in [2.05, 4.69) is 216 Å². The van der Waals surface area contributed by atoms with Crippen LogP contribution in [-0.4, -0.2) is 28.2 Å². The Morgan fingerprint density at radius 2 is 1.04 bits per heavy atom. The van der Waals surface area contributed by atoms with Gasteiger partial charge in [0.15, 0.2) is 5.69 Å². The van der Waals surface area contributed by atoms with Crippen LogP contribution in [0.25, 0.3) is 32.7 Å². The Labute approximate surface area is 337 Å². The maximum Gasteiger partial charge on any atom is 0.153 e. The number of rotatable bonds is 6. The summed E-state index contributed by atoms with van der Waals surface area (Å²) in [6, 6.07) is 60.1. The van der Waals surface area contributed by atoms with Gasteiger partial charge >= 0.3 is 0 Å². The summed E-state index contributed by atoms with van der Waals surface area (Å²) < 4.78 is 1.40. The monoisotopic (exact) mass is 736 g/mol. The molecule has 0 saturated carbocycles. The fourth-order valence-electron chi connectivity index (χ4n) is 10.2. The molecular weight excluding hydrogens is 689 g/mol. The van der Waals surface area contributed by atoms with E-state index >= 15 is 0 Å². The highest BCUT2D eigenvalue weighted by molar-refractivity contribution is 6.06. The van der Waals surface area contributed by atoms with Crippen molar-refractivity contribution in [1.29, 1.82) is 0 Å². The molecule has 0 fully saturated rings. The summed E-state index contributed by atoms with van der Waals surface area (Å²) in [4.78, 5) is 0. The van der Waals surface area contributed by atoms with E-state index < -0.39 is 0 Å². The molecule has 10 rings (SSSR count). The second-order valence-corrected chi connectivity index (χ2v) is 16.7. The number of quaternary nitrogens is 2. The topological polar surface area (TPSA) is 0 Å². The standard InChI is InChI=1S/C55H48N2/c1-56(2)49(52(41-22-10-6-11-23-41)47-34-30-38-18-14-16-26-45(38)54(47)56)36-32-43-28-29-44(51(43)40-20-8-5-9-21-40)33-37-50-53(42-24-12-7-13-25-42)48-35-31-39-19-15-17-27-46(39)55(48)57(50,3)4/h5-27,30-37,52H,28-29H2,1-4H3/q+2. The zero-order valence-electron chi connectivity index (χ0n) is 33.3. The summed E-state index contributed by atoms with van der Waals surface area (Å²) in [7, 11) is 9.45. The van der Waals surface area contributed by atoms with Gasteiger partial charge in [-0.25, -0.2) is 0 Å². The van der Waals surface area contributed by atoms with Crippen LogP contribution in [0.2, 0.25) is 0 Å². The zero-order valence-corrected chi connectivity index (χ0v) is 33.3. The van der Waals surface area contributed by atoms with E-state index in [4.69, 9.17) is 0 Å². The first-order valence-electron chi connectivity index (χ1n) is 20.3. The Morgan fingerprint density at radius 3 is 1.70 bits per heavy atom. The fraction of sp³-hybridized carbons (Fsp3) is 0.127. The molecule has 0 aromatic heterocycles. The molecule has 1 aliphatic carbocycles. The van der Waals surface area contributed by atoms with Crippen LogP contribution in [0.1, 0.15) is 46.6 Å². The SMILES string of the molecule is C[N+]1(C)C(C=CC2=C(c3ccccc3)C(=CC=C3C(c4ccccc4)c4ccc5ccccc5c4[N+]3(C)C)CC2)=C(c2ccccc2)c2ccc3ccccc3c21. The maximum absolute atomic E-state index is 2.46. The number of nitrogens with zero attached hydrogens (tertiary/aromatic N) is 2. The molecule has 276 valence electrons. The molecule has 0 radical (unpaired) electrons. The molecule has 0 spiro atoms. The number of hydrogen-bond donors (Lipinski definition) is 0. The lowest BCUT2D eigenvalue weighted by atomic mass is 9.89. The van der Waals surface area contributed by atoms with E-state index in [1.807, 2.05) is 0 Å². The number of hydrogen-bond acceptors (Lipinski definition) is 0. The van der Waals surface area contributed by atoms with Crippen LogP contribution >= 0.6 is 0 Å². The zero-order chi connectivity index (χ0) is 38.7. The molecule has 0 saturated heterocycles. The summed E-state index contributed by atoms with van der Waals surface area (Å²) in [5.74, 6) is 0.172. The first-order chi connectivity index (χ1) is 27.8. The molecule has 2 heterocycles. The van der Waals surface area contributed by atoms with Crippen molar-refractivity contribution >= 4 is 44.1 Å². The van der Waals surface area contributed by atoms with Crippen LogP contribution in [0.4, 0.5) is 11.4 Å². The third-order valence-electron chi connectivity index (χ3n) is 12.8. The molecule has 2 aliphatic heterocycles.